The molecule has 5 nitrogen and oxygen atoms in total. The van der Waals surface area contributed by atoms with Crippen molar-refractivity contribution in [3.8, 4) is 12.3 Å². The van der Waals surface area contributed by atoms with E-state index in [0.29, 0.717) is 35.1 Å². The van der Waals surface area contributed by atoms with E-state index in [-0.39, 0.29) is 31.7 Å². The second-order valence-corrected chi connectivity index (χ2v) is 8.07. The Kier molecular flexibility index (Phi) is 8.70. The van der Waals surface area contributed by atoms with Crippen LogP contribution in [0.3, 0.4) is 0 Å². The molecular weight excluding hydrogens is 442 g/mol. The van der Waals surface area contributed by atoms with Gasteiger partial charge in [0.15, 0.2) is 0 Å². The third kappa shape index (κ3) is 6.93. The third-order valence-corrected chi connectivity index (χ3v) is 5.50. The Morgan fingerprint density at radius 2 is 2.10 bits per heavy atom. The SMILES string of the molecule is C#CCOC[C@@H](O)CN(Cc1ccccc1F)C[C@H]1CC(c2ccc(Cl)c(Cl)c2)=NO1. The highest BCUT2D eigenvalue weighted by Crippen LogP contribution is 2.26. The first-order valence-electron chi connectivity index (χ1n) is 9.79. The lowest BCUT2D eigenvalue weighted by Crippen LogP contribution is -2.39. The van der Waals surface area contributed by atoms with Gasteiger partial charge in [-0.05, 0) is 18.2 Å². The summed E-state index contributed by atoms with van der Waals surface area (Å²) in [6.07, 6.45) is 4.68. The summed E-state index contributed by atoms with van der Waals surface area (Å²) in [5, 5.41) is 15.4. The monoisotopic (exact) mass is 464 g/mol. The molecule has 0 aliphatic carbocycles. The van der Waals surface area contributed by atoms with E-state index in [9.17, 15) is 9.50 Å². The zero-order valence-electron chi connectivity index (χ0n) is 16.8. The van der Waals surface area contributed by atoms with Crippen molar-refractivity contribution in [2.24, 2.45) is 5.16 Å². The van der Waals surface area contributed by atoms with Crippen molar-refractivity contribution in [1.82, 2.24) is 4.90 Å². The third-order valence-electron chi connectivity index (χ3n) is 4.76. The van der Waals surface area contributed by atoms with E-state index < -0.39 is 6.10 Å². The minimum Gasteiger partial charge on any atom is -0.390 e. The van der Waals surface area contributed by atoms with Gasteiger partial charge in [0.25, 0.3) is 0 Å². The summed E-state index contributed by atoms with van der Waals surface area (Å²) >= 11 is 12.1. The van der Waals surface area contributed by atoms with Crippen LogP contribution in [0.5, 0.6) is 0 Å². The highest BCUT2D eigenvalue weighted by Gasteiger charge is 2.26. The fourth-order valence-corrected chi connectivity index (χ4v) is 3.63. The Bertz CT molecular complexity index is 964. The number of aliphatic hydroxyl groups excluding tert-OH is 1. The van der Waals surface area contributed by atoms with Gasteiger partial charge < -0.3 is 14.7 Å². The van der Waals surface area contributed by atoms with Crippen molar-refractivity contribution in [1.29, 1.82) is 0 Å². The molecule has 0 amide bonds. The van der Waals surface area contributed by atoms with Crippen LogP contribution in [0.15, 0.2) is 47.6 Å². The minimum absolute atomic E-state index is 0.0918. The molecule has 2 atom stereocenters. The maximum atomic E-state index is 14.2. The molecule has 0 saturated heterocycles. The molecule has 3 rings (SSSR count). The summed E-state index contributed by atoms with van der Waals surface area (Å²) < 4.78 is 19.4. The van der Waals surface area contributed by atoms with E-state index in [1.54, 1.807) is 30.3 Å². The van der Waals surface area contributed by atoms with Gasteiger partial charge >= 0.3 is 0 Å². The number of halogens is 3. The van der Waals surface area contributed by atoms with Crippen LogP contribution in [-0.2, 0) is 16.1 Å². The molecular formula is C23H23Cl2FN2O3. The maximum Gasteiger partial charge on any atom is 0.145 e. The van der Waals surface area contributed by atoms with E-state index in [2.05, 4.69) is 11.1 Å². The normalized spacial score (nSPS) is 16.6. The predicted molar refractivity (Wildman–Crippen MR) is 120 cm³/mol. The van der Waals surface area contributed by atoms with Gasteiger partial charge in [-0.1, -0.05) is 58.5 Å². The number of aliphatic hydroxyl groups is 1. The first-order valence-corrected chi connectivity index (χ1v) is 10.5. The molecule has 1 aliphatic rings. The van der Waals surface area contributed by atoms with Gasteiger partial charge in [-0.25, -0.2) is 4.39 Å². The molecule has 164 valence electrons. The molecule has 1 heterocycles. The highest BCUT2D eigenvalue weighted by molar-refractivity contribution is 6.42. The summed E-state index contributed by atoms with van der Waals surface area (Å²) in [5.41, 5.74) is 2.12. The average Bonchev–Trinajstić information content (AvgIpc) is 3.20. The Balaban J connectivity index is 1.64. The summed E-state index contributed by atoms with van der Waals surface area (Å²) in [5.74, 6) is 2.06. The second kappa shape index (κ2) is 11.5. The highest BCUT2D eigenvalue weighted by atomic mass is 35.5. The van der Waals surface area contributed by atoms with E-state index in [0.717, 1.165) is 11.3 Å². The van der Waals surface area contributed by atoms with Crippen LogP contribution in [0.25, 0.3) is 0 Å². The van der Waals surface area contributed by atoms with Crippen LogP contribution in [0.1, 0.15) is 17.5 Å². The number of hydrogen-bond acceptors (Lipinski definition) is 5. The lowest BCUT2D eigenvalue weighted by atomic mass is 10.0. The average molecular weight is 465 g/mol. The molecule has 0 radical (unpaired) electrons. The number of terminal acetylenes is 1. The van der Waals surface area contributed by atoms with Crippen LogP contribution < -0.4 is 0 Å². The summed E-state index contributed by atoms with van der Waals surface area (Å²) in [4.78, 5) is 7.52. The first-order chi connectivity index (χ1) is 15.0. The number of benzene rings is 2. The van der Waals surface area contributed by atoms with Crippen molar-refractivity contribution in [3.63, 3.8) is 0 Å². The van der Waals surface area contributed by atoms with E-state index in [1.807, 2.05) is 11.0 Å². The Hall–Kier alpha value is -2.14. The molecule has 0 unspecified atom stereocenters. The van der Waals surface area contributed by atoms with Gasteiger partial charge in [-0.2, -0.15) is 0 Å². The molecule has 1 aliphatic heterocycles. The van der Waals surface area contributed by atoms with Crippen LogP contribution in [-0.4, -0.2) is 54.2 Å². The number of rotatable bonds is 10. The molecule has 2 aromatic carbocycles. The number of nitrogens with zero attached hydrogens (tertiary/aromatic N) is 2. The van der Waals surface area contributed by atoms with Gasteiger partial charge in [0.1, 0.15) is 18.5 Å². The summed E-state index contributed by atoms with van der Waals surface area (Å²) in [6.45, 7) is 1.22. The van der Waals surface area contributed by atoms with Gasteiger partial charge in [0.2, 0.25) is 0 Å². The fourth-order valence-electron chi connectivity index (χ4n) is 3.34. The van der Waals surface area contributed by atoms with Crippen LogP contribution in [0.4, 0.5) is 4.39 Å². The maximum absolute atomic E-state index is 14.2. The van der Waals surface area contributed by atoms with E-state index in [1.165, 1.54) is 6.07 Å². The first kappa shape index (κ1) is 23.5. The summed E-state index contributed by atoms with van der Waals surface area (Å²) in [6, 6.07) is 11.9. The predicted octanol–water partition coefficient (Wildman–Crippen LogP) is 4.14. The molecule has 0 aromatic heterocycles. The Morgan fingerprint density at radius 3 is 2.84 bits per heavy atom. The van der Waals surface area contributed by atoms with Crippen molar-refractivity contribution in [2.75, 3.05) is 26.3 Å². The van der Waals surface area contributed by atoms with E-state index in [4.69, 9.17) is 39.2 Å². The summed E-state index contributed by atoms with van der Waals surface area (Å²) in [7, 11) is 0. The number of oxime groups is 1. The molecule has 8 heteroatoms. The van der Waals surface area contributed by atoms with Crippen LogP contribution in [0.2, 0.25) is 10.0 Å². The quantitative estimate of drug-likeness (QED) is 0.424. The van der Waals surface area contributed by atoms with Crippen LogP contribution in [0, 0.1) is 18.2 Å². The van der Waals surface area contributed by atoms with E-state index >= 15 is 0 Å². The topological polar surface area (TPSA) is 54.3 Å². The second-order valence-electron chi connectivity index (χ2n) is 7.26. The van der Waals surface area contributed by atoms with Gasteiger partial charge in [-0.15, -0.1) is 6.42 Å². The van der Waals surface area contributed by atoms with Gasteiger partial charge in [0.05, 0.1) is 28.5 Å². The zero-order valence-corrected chi connectivity index (χ0v) is 18.3. The number of ether oxygens (including phenoxy) is 1. The zero-order chi connectivity index (χ0) is 22.2. The molecule has 0 saturated carbocycles. The standard InChI is InChI=1S/C23H23Cl2FN2O3/c1-2-9-30-15-18(29)13-28(12-17-5-3-4-6-22(17)26)14-19-11-23(27-31-19)16-7-8-20(24)21(25)10-16/h1,3-8,10,18-19,29H,9,11-15H2/t18-,19+/m0/s1. The smallest absolute Gasteiger partial charge is 0.145 e. The molecule has 31 heavy (non-hydrogen) atoms. The minimum atomic E-state index is -0.781. The van der Waals surface area contributed by atoms with Crippen LogP contribution >= 0.6 is 23.2 Å². The molecule has 0 fully saturated rings. The van der Waals surface area contributed by atoms with Gasteiger partial charge in [-0.3, -0.25) is 4.90 Å². The van der Waals surface area contributed by atoms with Gasteiger partial charge in [0, 0.05) is 37.2 Å². The van der Waals surface area contributed by atoms with Crippen molar-refractivity contribution in [2.45, 2.75) is 25.2 Å². The molecule has 2 aromatic rings. The van der Waals surface area contributed by atoms with Crippen molar-refractivity contribution in [3.05, 3.63) is 69.5 Å². The lowest BCUT2D eigenvalue weighted by molar-refractivity contribution is 0.00392. The van der Waals surface area contributed by atoms with Crippen molar-refractivity contribution < 1.29 is 19.1 Å². The molecule has 0 spiro atoms. The Labute approximate surface area is 191 Å². The lowest BCUT2D eigenvalue weighted by Gasteiger charge is -2.27. The Morgan fingerprint density at radius 1 is 1.29 bits per heavy atom. The molecule has 1 N–H and O–H groups in total. The molecule has 0 bridgehead atoms. The van der Waals surface area contributed by atoms with Crippen molar-refractivity contribution >= 4 is 28.9 Å². The largest absolute Gasteiger partial charge is 0.390 e. The fraction of sp³-hybridized carbons (Fsp3) is 0.348. The number of hydrogen-bond donors (Lipinski definition) is 1.